The van der Waals surface area contributed by atoms with E-state index in [0.717, 1.165) is 5.56 Å². The van der Waals surface area contributed by atoms with Crippen LogP contribution in [-0.4, -0.2) is 29.1 Å². The molecular formula is C25H18O6. The highest BCUT2D eigenvalue weighted by Crippen LogP contribution is 2.38. The molecule has 1 heterocycles. The van der Waals surface area contributed by atoms with Crippen LogP contribution in [0.2, 0.25) is 0 Å². The molecule has 1 aliphatic heterocycles. The molecule has 1 aliphatic rings. The average molecular weight is 414 g/mol. The average Bonchev–Trinajstić information content (AvgIpc) is 3.10. The van der Waals surface area contributed by atoms with E-state index in [2.05, 4.69) is 0 Å². The van der Waals surface area contributed by atoms with Gasteiger partial charge in [0.25, 0.3) is 0 Å². The highest BCUT2D eigenvalue weighted by atomic mass is 16.5. The molecule has 0 bridgehead atoms. The van der Waals surface area contributed by atoms with Gasteiger partial charge < -0.3 is 19.7 Å². The molecule has 0 amide bonds. The van der Waals surface area contributed by atoms with Crippen LogP contribution in [0.4, 0.5) is 0 Å². The number of esters is 1. The Balaban J connectivity index is 1.86. The molecule has 0 fully saturated rings. The number of hydrogen-bond acceptors (Lipinski definition) is 6. The highest BCUT2D eigenvalue weighted by Gasteiger charge is 2.36. The third-order valence-corrected chi connectivity index (χ3v) is 4.83. The Morgan fingerprint density at radius 2 is 1.45 bits per heavy atom. The molecule has 0 saturated heterocycles. The lowest BCUT2D eigenvalue weighted by atomic mass is 9.93. The maximum atomic E-state index is 13.2. The predicted molar refractivity (Wildman–Crippen MR) is 115 cm³/mol. The number of cyclic esters (lactones) is 1. The number of Topliss-reactive ketones (excluding diaryl/α,β-unsaturated/α-hetero) is 1. The first-order valence-corrected chi connectivity index (χ1v) is 9.42. The lowest BCUT2D eigenvalue weighted by molar-refractivity contribution is -0.132. The molecule has 4 rings (SSSR count). The van der Waals surface area contributed by atoms with Crippen molar-refractivity contribution in [1.29, 1.82) is 0 Å². The SMILES string of the molecule is COc1ccc(/C=C2\OC(=O)C(C(=O)c3ccc(O)cc3)=C2c2ccc(O)cc2)cc1. The van der Waals surface area contributed by atoms with Crippen molar-refractivity contribution >= 4 is 23.4 Å². The van der Waals surface area contributed by atoms with E-state index in [1.54, 1.807) is 49.6 Å². The largest absolute Gasteiger partial charge is 0.508 e. The standard InChI is InChI=1S/C25H18O6/c1-30-20-12-2-15(3-13-20)14-21-22(16-4-8-18(26)9-5-16)23(25(29)31-21)24(28)17-6-10-19(27)11-7-17/h2-14,26-27H,1H3/b21-14-. The van der Waals surface area contributed by atoms with E-state index < -0.39 is 11.8 Å². The topological polar surface area (TPSA) is 93.1 Å². The van der Waals surface area contributed by atoms with Gasteiger partial charge in [-0.05, 0) is 65.7 Å². The molecule has 2 N–H and O–H groups in total. The van der Waals surface area contributed by atoms with Crippen molar-refractivity contribution in [2.75, 3.05) is 7.11 Å². The van der Waals surface area contributed by atoms with Gasteiger partial charge in [-0.25, -0.2) is 4.79 Å². The fourth-order valence-corrected chi connectivity index (χ4v) is 3.26. The van der Waals surface area contributed by atoms with E-state index in [4.69, 9.17) is 9.47 Å². The van der Waals surface area contributed by atoms with Gasteiger partial charge in [0, 0.05) is 11.1 Å². The number of rotatable bonds is 5. The summed E-state index contributed by atoms with van der Waals surface area (Å²) < 4.78 is 10.6. The molecule has 0 radical (unpaired) electrons. The van der Waals surface area contributed by atoms with Crippen molar-refractivity contribution in [3.63, 3.8) is 0 Å². The lowest BCUT2D eigenvalue weighted by Crippen LogP contribution is -2.11. The van der Waals surface area contributed by atoms with E-state index in [1.165, 1.54) is 36.4 Å². The third kappa shape index (κ3) is 4.04. The molecule has 6 heteroatoms. The van der Waals surface area contributed by atoms with Gasteiger partial charge >= 0.3 is 5.97 Å². The van der Waals surface area contributed by atoms with Crippen molar-refractivity contribution in [1.82, 2.24) is 0 Å². The van der Waals surface area contributed by atoms with Crippen LogP contribution in [0, 0.1) is 0 Å². The fraction of sp³-hybridized carbons (Fsp3) is 0.0400. The third-order valence-electron chi connectivity index (χ3n) is 4.83. The molecule has 0 aromatic heterocycles. The Hall–Kier alpha value is -4.32. The minimum absolute atomic E-state index is 0.0124. The zero-order valence-electron chi connectivity index (χ0n) is 16.5. The number of allylic oxidation sites excluding steroid dienone is 1. The monoisotopic (exact) mass is 414 g/mol. The first-order valence-electron chi connectivity index (χ1n) is 9.42. The highest BCUT2D eigenvalue weighted by molar-refractivity contribution is 6.32. The van der Waals surface area contributed by atoms with Gasteiger partial charge in [-0.2, -0.15) is 0 Å². The molecule has 0 atom stereocenters. The first-order chi connectivity index (χ1) is 15.0. The second-order valence-corrected chi connectivity index (χ2v) is 6.84. The van der Waals surface area contributed by atoms with Crippen molar-refractivity contribution in [3.8, 4) is 17.2 Å². The number of carbonyl (C=O) groups excluding carboxylic acids is 2. The van der Waals surface area contributed by atoms with Gasteiger partial charge in [0.15, 0.2) is 0 Å². The molecule has 31 heavy (non-hydrogen) atoms. The Bertz CT molecular complexity index is 1200. The van der Waals surface area contributed by atoms with Gasteiger partial charge in [-0.15, -0.1) is 0 Å². The maximum absolute atomic E-state index is 13.2. The molecule has 0 aliphatic carbocycles. The van der Waals surface area contributed by atoms with Crippen LogP contribution < -0.4 is 4.74 Å². The Morgan fingerprint density at radius 3 is 2.03 bits per heavy atom. The number of ether oxygens (including phenoxy) is 2. The Labute approximate surface area is 178 Å². The maximum Gasteiger partial charge on any atom is 0.348 e. The van der Waals surface area contributed by atoms with E-state index in [0.29, 0.717) is 16.9 Å². The van der Waals surface area contributed by atoms with Crippen LogP contribution in [0.1, 0.15) is 21.5 Å². The van der Waals surface area contributed by atoms with Crippen LogP contribution in [0.25, 0.3) is 11.6 Å². The number of phenols is 2. The second kappa shape index (κ2) is 8.20. The van der Waals surface area contributed by atoms with Gasteiger partial charge in [-0.3, -0.25) is 4.79 Å². The van der Waals surface area contributed by atoms with Gasteiger partial charge in [0.1, 0.15) is 28.6 Å². The summed E-state index contributed by atoms with van der Waals surface area (Å²) in [5.41, 5.74) is 1.76. The van der Waals surface area contributed by atoms with E-state index in [1.807, 2.05) is 0 Å². The molecule has 154 valence electrons. The molecule has 3 aromatic carbocycles. The summed E-state index contributed by atoms with van der Waals surface area (Å²) in [5.74, 6) is -0.307. The minimum atomic E-state index is -0.763. The summed E-state index contributed by atoms with van der Waals surface area (Å²) in [6.07, 6.45) is 1.66. The Kier molecular flexibility index (Phi) is 5.28. The van der Waals surface area contributed by atoms with Crippen molar-refractivity contribution in [2.45, 2.75) is 0 Å². The summed E-state index contributed by atoms with van der Waals surface area (Å²) in [6.45, 7) is 0. The number of phenolic OH excluding ortho intramolecular Hbond substituents is 2. The van der Waals surface area contributed by atoms with Crippen LogP contribution in [0.5, 0.6) is 17.2 Å². The van der Waals surface area contributed by atoms with Crippen LogP contribution in [0.15, 0.2) is 84.1 Å². The summed E-state index contributed by atoms with van der Waals surface area (Å²) in [5, 5.41) is 19.1. The van der Waals surface area contributed by atoms with Crippen molar-refractivity contribution in [2.24, 2.45) is 0 Å². The molecule has 0 spiro atoms. The number of aromatic hydroxyl groups is 2. The molecule has 0 unspecified atom stereocenters. The smallest absolute Gasteiger partial charge is 0.348 e. The summed E-state index contributed by atoms with van der Waals surface area (Å²) in [7, 11) is 1.57. The zero-order valence-corrected chi connectivity index (χ0v) is 16.5. The Morgan fingerprint density at radius 1 is 0.871 bits per heavy atom. The summed E-state index contributed by atoms with van der Waals surface area (Å²) in [4.78, 5) is 25.9. The van der Waals surface area contributed by atoms with Crippen LogP contribution in [-0.2, 0) is 9.53 Å². The first kappa shape index (κ1) is 20.0. The van der Waals surface area contributed by atoms with Gasteiger partial charge in [0.05, 0.1) is 7.11 Å². The normalized spacial score (nSPS) is 14.6. The number of hydrogen-bond donors (Lipinski definition) is 2. The molecule has 0 saturated carbocycles. The quantitative estimate of drug-likeness (QED) is 0.367. The van der Waals surface area contributed by atoms with E-state index in [-0.39, 0.29) is 28.4 Å². The zero-order chi connectivity index (χ0) is 22.0. The van der Waals surface area contributed by atoms with E-state index >= 15 is 0 Å². The summed E-state index contributed by atoms with van der Waals surface area (Å²) >= 11 is 0. The van der Waals surface area contributed by atoms with Crippen LogP contribution in [0.3, 0.4) is 0 Å². The fourth-order valence-electron chi connectivity index (χ4n) is 3.26. The number of carbonyl (C=O) groups is 2. The van der Waals surface area contributed by atoms with E-state index in [9.17, 15) is 19.8 Å². The molecular weight excluding hydrogens is 396 g/mol. The number of benzene rings is 3. The second-order valence-electron chi connectivity index (χ2n) is 6.84. The van der Waals surface area contributed by atoms with Gasteiger partial charge in [0.2, 0.25) is 5.78 Å². The van der Waals surface area contributed by atoms with Gasteiger partial charge in [-0.1, -0.05) is 24.3 Å². The number of methoxy groups -OCH3 is 1. The molecule has 6 nitrogen and oxygen atoms in total. The number of ketones is 1. The molecule has 3 aromatic rings. The minimum Gasteiger partial charge on any atom is -0.508 e. The lowest BCUT2D eigenvalue weighted by Gasteiger charge is -2.07. The summed E-state index contributed by atoms with van der Waals surface area (Å²) in [6, 6.07) is 18.9. The van der Waals surface area contributed by atoms with Crippen molar-refractivity contribution < 1.29 is 29.3 Å². The predicted octanol–water partition coefficient (Wildman–Crippen LogP) is 4.34. The van der Waals surface area contributed by atoms with Crippen LogP contribution >= 0.6 is 0 Å². The van der Waals surface area contributed by atoms with Crippen molar-refractivity contribution in [3.05, 3.63) is 101 Å².